The van der Waals surface area contributed by atoms with Crippen molar-refractivity contribution in [2.24, 2.45) is 0 Å². The van der Waals surface area contributed by atoms with Gasteiger partial charge in [-0.3, -0.25) is 0 Å². The van der Waals surface area contributed by atoms with Crippen molar-refractivity contribution in [1.29, 1.82) is 0 Å². The zero-order valence-electron chi connectivity index (χ0n) is 9.49. The normalized spacial score (nSPS) is 12.5. The summed E-state index contributed by atoms with van der Waals surface area (Å²) in [7, 11) is 1.63. The van der Waals surface area contributed by atoms with E-state index >= 15 is 0 Å². The molecule has 3 nitrogen and oxygen atoms in total. The summed E-state index contributed by atoms with van der Waals surface area (Å²) >= 11 is 0. The Morgan fingerprint density at radius 1 is 1.40 bits per heavy atom. The fraction of sp³-hybridized carbons (Fsp3) is 0.500. The summed E-state index contributed by atoms with van der Waals surface area (Å²) in [6.07, 6.45) is -0.584. The summed E-state index contributed by atoms with van der Waals surface area (Å²) < 4.78 is 10.4. The topological polar surface area (TPSA) is 38.7 Å². The zero-order chi connectivity index (χ0) is 11.3. The molecule has 0 aromatic heterocycles. The van der Waals surface area contributed by atoms with E-state index in [2.05, 4.69) is 0 Å². The Kier molecular flexibility index (Phi) is 4.59. The summed E-state index contributed by atoms with van der Waals surface area (Å²) in [5, 5.41) is 9.78. The number of benzene rings is 1. The van der Waals surface area contributed by atoms with Crippen LogP contribution in [0, 0.1) is 6.92 Å². The average molecular weight is 210 g/mol. The van der Waals surface area contributed by atoms with E-state index in [1.807, 2.05) is 32.0 Å². The fourth-order valence-electron chi connectivity index (χ4n) is 1.37. The molecule has 3 heteroatoms. The number of rotatable bonds is 5. The molecule has 0 fully saturated rings. The average Bonchev–Trinajstić information content (AvgIpc) is 2.26. The molecule has 84 valence electrons. The molecule has 1 unspecified atom stereocenters. The summed E-state index contributed by atoms with van der Waals surface area (Å²) in [6.45, 7) is 4.81. The maximum atomic E-state index is 9.78. The van der Waals surface area contributed by atoms with Gasteiger partial charge in [-0.1, -0.05) is 12.1 Å². The number of aryl methyl sites for hydroxylation is 1. The molecular weight excluding hydrogens is 192 g/mol. The van der Waals surface area contributed by atoms with Gasteiger partial charge in [-0.05, 0) is 31.0 Å². The summed E-state index contributed by atoms with van der Waals surface area (Å²) in [6, 6.07) is 5.67. The minimum Gasteiger partial charge on any atom is -0.496 e. The van der Waals surface area contributed by atoms with Crippen LogP contribution in [-0.2, 0) is 4.74 Å². The van der Waals surface area contributed by atoms with Crippen molar-refractivity contribution in [3.8, 4) is 5.75 Å². The van der Waals surface area contributed by atoms with Crippen LogP contribution in [0.5, 0.6) is 5.75 Å². The van der Waals surface area contributed by atoms with Crippen LogP contribution in [0.15, 0.2) is 18.2 Å². The third-order valence-electron chi connectivity index (χ3n) is 2.30. The molecule has 0 bridgehead atoms. The molecule has 0 saturated carbocycles. The van der Waals surface area contributed by atoms with Crippen LogP contribution >= 0.6 is 0 Å². The minimum atomic E-state index is -0.584. The molecule has 1 N–H and O–H groups in total. The molecular formula is C12H18O3. The molecule has 0 radical (unpaired) electrons. The van der Waals surface area contributed by atoms with E-state index in [4.69, 9.17) is 9.47 Å². The molecule has 0 aliphatic carbocycles. The highest BCUT2D eigenvalue weighted by Crippen LogP contribution is 2.23. The van der Waals surface area contributed by atoms with E-state index in [1.54, 1.807) is 7.11 Å². The monoisotopic (exact) mass is 210 g/mol. The van der Waals surface area contributed by atoms with Gasteiger partial charge < -0.3 is 14.6 Å². The van der Waals surface area contributed by atoms with Gasteiger partial charge in [0.25, 0.3) is 0 Å². The number of aliphatic hydroxyl groups is 1. The summed E-state index contributed by atoms with van der Waals surface area (Å²) in [5.41, 5.74) is 1.88. The third-order valence-corrected chi connectivity index (χ3v) is 2.30. The number of ether oxygens (including phenoxy) is 2. The van der Waals surface area contributed by atoms with Crippen LogP contribution in [0.25, 0.3) is 0 Å². The first-order chi connectivity index (χ1) is 7.19. The van der Waals surface area contributed by atoms with Crippen molar-refractivity contribution >= 4 is 0 Å². The Bertz CT molecular complexity index is 310. The second kappa shape index (κ2) is 5.73. The predicted octanol–water partition coefficient (Wildman–Crippen LogP) is 2.07. The van der Waals surface area contributed by atoms with E-state index in [-0.39, 0.29) is 0 Å². The highest BCUT2D eigenvalue weighted by Gasteiger charge is 2.09. The molecule has 1 atom stereocenters. The van der Waals surface area contributed by atoms with Crippen molar-refractivity contribution in [1.82, 2.24) is 0 Å². The number of aliphatic hydroxyl groups excluding tert-OH is 1. The second-order valence-electron chi connectivity index (χ2n) is 3.40. The summed E-state index contributed by atoms with van der Waals surface area (Å²) in [4.78, 5) is 0. The lowest BCUT2D eigenvalue weighted by Crippen LogP contribution is -2.07. The molecule has 0 aliphatic rings. The van der Waals surface area contributed by atoms with Gasteiger partial charge in [0.2, 0.25) is 0 Å². The Hall–Kier alpha value is -1.06. The molecule has 1 aromatic rings. The van der Waals surface area contributed by atoms with Gasteiger partial charge in [-0.15, -0.1) is 0 Å². The van der Waals surface area contributed by atoms with Crippen LogP contribution in [0.2, 0.25) is 0 Å². The van der Waals surface area contributed by atoms with E-state index in [1.165, 1.54) is 0 Å². The van der Waals surface area contributed by atoms with Crippen LogP contribution in [0.1, 0.15) is 24.2 Å². The van der Waals surface area contributed by atoms with Crippen LogP contribution < -0.4 is 4.74 Å². The molecule has 0 amide bonds. The van der Waals surface area contributed by atoms with Gasteiger partial charge in [0.1, 0.15) is 11.9 Å². The first-order valence-corrected chi connectivity index (χ1v) is 5.09. The lowest BCUT2D eigenvalue weighted by Gasteiger charge is -2.13. The van der Waals surface area contributed by atoms with Crippen LogP contribution in [0.3, 0.4) is 0 Å². The lowest BCUT2D eigenvalue weighted by molar-refractivity contribution is 0.0419. The van der Waals surface area contributed by atoms with Crippen molar-refractivity contribution in [2.45, 2.75) is 20.0 Å². The Labute approximate surface area is 90.6 Å². The smallest absolute Gasteiger partial charge is 0.122 e. The van der Waals surface area contributed by atoms with Crippen molar-refractivity contribution < 1.29 is 14.6 Å². The molecule has 1 rings (SSSR count). The van der Waals surface area contributed by atoms with Gasteiger partial charge >= 0.3 is 0 Å². The molecule has 0 saturated heterocycles. The fourth-order valence-corrected chi connectivity index (χ4v) is 1.37. The van der Waals surface area contributed by atoms with Gasteiger partial charge in [0.15, 0.2) is 0 Å². The summed E-state index contributed by atoms with van der Waals surface area (Å²) in [5.74, 6) is 0.794. The van der Waals surface area contributed by atoms with Crippen LogP contribution in [-0.4, -0.2) is 25.4 Å². The van der Waals surface area contributed by atoms with E-state index in [0.29, 0.717) is 13.2 Å². The maximum absolute atomic E-state index is 9.78. The number of hydrogen-bond donors (Lipinski definition) is 1. The van der Waals surface area contributed by atoms with Gasteiger partial charge in [-0.25, -0.2) is 0 Å². The molecule has 0 aliphatic heterocycles. The quantitative estimate of drug-likeness (QED) is 0.808. The van der Waals surface area contributed by atoms with E-state index in [9.17, 15) is 5.11 Å². The molecule has 0 spiro atoms. The van der Waals surface area contributed by atoms with Crippen molar-refractivity contribution in [2.75, 3.05) is 20.3 Å². The van der Waals surface area contributed by atoms with E-state index < -0.39 is 6.10 Å². The number of methoxy groups -OCH3 is 1. The largest absolute Gasteiger partial charge is 0.496 e. The molecule has 15 heavy (non-hydrogen) atoms. The van der Waals surface area contributed by atoms with Crippen LogP contribution in [0.4, 0.5) is 0 Å². The first kappa shape index (κ1) is 12.0. The highest BCUT2D eigenvalue weighted by atomic mass is 16.5. The van der Waals surface area contributed by atoms with Gasteiger partial charge in [0.05, 0.1) is 13.7 Å². The molecule has 0 heterocycles. The SMILES string of the molecule is CCOCC(O)c1ccc(C)c(OC)c1. The molecule has 1 aromatic carbocycles. The Balaban J connectivity index is 2.76. The van der Waals surface area contributed by atoms with Gasteiger partial charge in [0, 0.05) is 6.61 Å². The third kappa shape index (κ3) is 3.22. The Morgan fingerprint density at radius 3 is 2.73 bits per heavy atom. The van der Waals surface area contributed by atoms with E-state index in [0.717, 1.165) is 16.9 Å². The predicted molar refractivity (Wildman–Crippen MR) is 59.2 cm³/mol. The highest BCUT2D eigenvalue weighted by molar-refractivity contribution is 5.37. The number of hydrogen-bond acceptors (Lipinski definition) is 3. The Morgan fingerprint density at radius 2 is 2.13 bits per heavy atom. The second-order valence-corrected chi connectivity index (χ2v) is 3.40. The maximum Gasteiger partial charge on any atom is 0.122 e. The zero-order valence-corrected chi connectivity index (χ0v) is 9.49. The van der Waals surface area contributed by atoms with Crippen molar-refractivity contribution in [3.05, 3.63) is 29.3 Å². The van der Waals surface area contributed by atoms with Gasteiger partial charge in [-0.2, -0.15) is 0 Å². The standard InChI is InChI=1S/C12H18O3/c1-4-15-8-11(13)10-6-5-9(2)12(7-10)14-3/h5-7,11,13H,4,8H2,1-3H3. The first-order valence-electron chi connectivity index (χ1n) is 5.09. The minimum absolute atomic E-state index is 0.322. The lowest BCUT2D eigenvalue weighted by atomic mass is 10.1. The van der Waals surface area contributed by atoms with Crippen molar-refractivity contribution in [3.63, 3.8) is 0 Å².